The Labute approximate surface area is 166 Å². The summed E-state index contributed by atoms with van der Waals surface area (Å²) in [4.78, 5) is 27.7. The lowest BCUT2D eigenvalue weighted by atomic mass is 10.2. The first-order chi connectivity index (χ1) is 12.5. The van der Waals surface area contributed by atoms with Crippen molar-refractivity contribution < 1.29 is 9.59 Å². The molecule has 1 saturated heterocycles. The first kappa shape index (κ1) is 19.0. The number of carbonyl (C=O) groups is 2. The Bertz CT molecular complexity index is 819. The van der Waals surface area contributed by atoms with Crippen LogP contribution in [0.5, 0.6) is 0 Å². The fraction of sp³-hybridized carbons (Fsp3) is 0.300. The topological polar surface area (TPSA) is 49.4 Å². The van der Waals surface area contributed by atoms with E-state index < -0.39 is 0 Å². The number of nitrogens with zero attached hydrogens (tertiary/aromatic N) is 1. The molecule has 4 nitrogen and oxygen atoms in total. The number of amides is 2. The molecule has 2 aromatic rings. The molecule has 0 atom stereocenters. The van der Waals surface area contributed by atoms with E-state index in [9.17, 15) is 9.59 Å². The highest BCUT2D eigenvalue weighted by molar-refractivity contribution is 9.10. The zero-order valence-electron chi connectivity index (χ0n) is 14.6. The summed E-state index contributed by atoms with van der Waals surface area (Å²) < 4.78 is 1.01. The van der Waals surface area contributed by atoms with E-state index in [1.807, 2.05) is 48.2 Å². The number of hydrogen-bond donors (Lipinski definition) is 1. The van der Waals surface area contributed by atoms with Crippen LogP contribution in [0.1, 0.15) is 28.8 Å². The fourth-order valence-electron chi connectivity index (χ4n) is 2.90. The van der Waals surface area contributed by atoms with Crippen LogP contribution in [0, 0.1) is 6.92 Å². The van der Waals surface area contributed by atoms with Crippen molar-refractivity contribution in [2.75, 3.05) is 24.2 Å². The van der Waals surface area contributed by atoms with Crippen LogP contribution in [0.15, 0.2) is 51.8 Å². The van der Waals surface area contributed by atoms with Gasteiger partial charge in [0.05, 0.1) is 11.3 Å². The first-order valence-electron chi connectivity index (χ1n) is 8.62. The molecule has 0 unspecified atom stereocenters. The van der Waals surface area contributed by atoms with Crippen molar-refractivity contribution in [2.45, 2.75) is 24.7 Å². The summed E-state index contributed by atoms with van der Waals surface area (Å²) in [6.45, 7) is 3.68. The minimum atomic E-state index is -0.163. The molecule has 0 radical (unpaired) electrons. The van der Waals surface area contributed by atoms with Crippen LogP contribution < -0.4 is 5.32 Å². The SMILES string of the molecule is Cc1cc(NC(=O)c2ccccc2SCC(=O)N2CCCC2)ccc1Br. The van der Waals surface area contributed by atoms with Crippen molar-refractivity contribution in [3.63, 3.8) is 0 Å². The standard InChI is InChI=1S/C20H21BrN2O2S/c1-14-12-15(8-9-17(14)21)22-20(25)16-6-2-3-7-18(16)26-13-19(24)23-10-4-5-11-23/h2-3,6-9,12H,4-5,10-11,13H2,1H3,(H,22,25). The summed E-state index contributed by atoms with van der Waals surface area (Å²) in [5, 5.41) is 2.94. The Kier molecular flexibility index (Phi) is 6.38. The Balaban J connectivity index is 1.68. The lowest BCUT2D eigenvalue weighted by molar-refractivity contribution is -0.127. The zero-order chi connectivity index (χ0) is 18.5. The van der Waals surface area contributed by atoms with E-state index in [1.165, 1.54) is 11.8 Å². The lowest BCUT2D eigenvalue weighted by Crippen LogP contribution is -2.29. The van der Waals surface area contributed by atoms with Gasteiger partial charge in [0.15, 0.2) is 0 Å². The highest BCUT2D eigenvalue weighted by Crippen LogP contribution is 2.25. The van der Waals surface area contributed by atoms with Gasteiger partial charge in [-0.25, -0.2) is 0 Å². The van der Waals surface area contributed by atoms with E-state index >= 15 is 0 Å². The molecule has 2 aromatic carbocycles. The van der Waals surface area contributed by atoms with Gasteiger partial charge in [-0.15, -0.1) is 11.8 Å². The minimum absolute atomic E-state index is 0.145. The average Bonchev–Trinajstić information content (AvgIpc) is 3.18. The zero-order valence-corrected chi connectivity index (χ0v) is 17.0. The molecule has 3 rings (SSSR count). The number of likely N-dealkylation sites (tertiary alicyclic amines) is 1. The van der Waals surface area contributed by atoms with Gasteiger partial charge in [0.25, 0.3) is 5.91 Å². The molecule has 1 aliphatic heterocycles. The summed E-state index contributed by atoms with van der Waals surface area (Å²) in [5.41, 5.74) is 2.40. The van der Waals surface area contributed by atoms with Crippen molar-refractivity contribution in [2.24, 2.45) is 0 Å². The van der Waals surface area contributed by atoms with E-state index in [-0.39, 0.29) is 11.8 Å². The van der Waals surface area contributed by atoms with Crippen LogP contribution in [-0.4, -0.2) is 35.6 Å². The Morgan fingerprint density at radius 2 is 1.88 bits per heavy atom. The van der Waals surface area contributed by atoms with Gasteiger partial charge in [0.1, 0.15) is 0 Å². The largest absolute Gasteiger partial charge is 0.342 e. The number of aryl methyl sites for hydroxylation is 1. The Morgan fingerprint density at radius 1 is 1.15 bits per heavy atom. The van der Waals surface area contributed by atoms with E-state index in [0.29, 0.717) is 11.3 Å². The highest BCUT2D eigenvalue weighted by atomic mass is 79.9. The molecular formula is C20H21BrN2O2S. The van der Waals surface area contributed by atoms with Crippen molar-refractivity contribution in [3.05, 3.63) is 58.1 Å². The van der Waals surface area contributed by atoms with Crippen molar-refractivity contribution in [3.8, 4) is 0 Å². The number of anilines is 1. The van der Waals surface area contributed by atoms with Crippen LogP contribution in [0.4, 0.5) is 5.69 Å². The van der Waals surface area contributed by atoms with Crippen LogP contribution in [0.2, 0.25) is 0 Å². The number of nitrogens with one attached hydrogen (secondary N) is 1. The van der Waals surface area contributed by atoms with Gasteiger partial charge >= 0.3 is 0 Å². The second-order valence-corrected chi connectivity index (χ2v) is 8.16. The molecule has 1 heterocycles. The van der Waals surface area contributed by atoms with Crippen molar-refractivity contribution in [1.29, 1.82) is 0 Å². The van der Waals surface area contributed by atoms with Crippen LogP contribution in [0.25, 0.3) is 0 Å². The highest BCUT2D eigenvalue weighted by Gasteiger charge is 2.19. The number of benzene rings is 2. The molecule has 0 saturated carbocycles. The first-order valence-corrected chi connectivity index (χ1v) is 10.4. The summed E-state index contributed by atoms with van der Waals surface area (Å²) >= 11 is 4.89. The maximum Gasteiger partial charge on any atom is 0.256 e. The van der Waals surface area contributed by atoms with Crippen molar-refractivity contribution in [1.82, 2.24) is 4.90 Å². The third-order valence-corrected chi connectivity index (χ3v) is 6.31. The number of thioether (sulfide) groups is 1. The molecule has 6 heteroatoms. The minimum Gasteiger partial charge on any atom is -0.342 e. The average molecular weight is 433 g/mol. The predicted molar refractivity (Wildman–Crippen MR) is 110 cm³/mol. The number of carbonyl (C=O) groups excluding carboxylic acids is 2. The maximum absolute atomic E-state index is 12.7. The van der Waals surface area contributed by atoms with E-state index in [2.05, 4.69) is 21.2 Å². The molecule has 1 N–H and O–H groups in total. The quantitative estimate of drug-likeness (QED) is 0.694. The van der Waals surface area contributed by atoms with Crippen LogP contribution in [0.3, 0.4) is 0 Å². The number of halogens is 1. The summed E-state index contributed by atoms with van der Waals surface area (Å²) in [6.07, 6.45) is 2.17. The molecule has 0 aliphatic carbocycles. The number of hydrogen-bond acceptors (Lipinski definition) is 3. The Hall–Kier alpha value is -1.79. The predicted octanol–water partition coefficient (Wildman–Crippen LogP) is 4.72. The normalized spacial score (nSPS) is 13.7. The fourth-order valence-corrected chi connectivity index (χ4v) is 4.10. The van der Waals surface area contributed by atoms with Gasteiger partial charge in [-0.1, -0.05) is 28.1 Å². The molecule has 1 fully saturated rings. The van der Waals surface area contributed by atoms with E-state index in [1.54, 1.807) is 6.07 Å². The number of rotatable bonds is 5. The molecule has 0 aromatic heterocycles. The van der Waals surface area contributed by atoms with E-state index in [0.717, 1.165) is 46.6 Å². The second kappa shape index (κ2) is 8.73. The van der Waals surface area contributed by atoms with Crippen LogP contribution >= 0.6 is 27.7 Å². The molecule has 2 amide bonds. The summed E-state index contributed by atoms with van der Waals surface area (Å²) in [5.74, 6) is 0.344. The summed E-state index contributed by atoms with van der Waals surface area (Å²) in [6, 6.07) is 13.1. The third-order valence-electron chi connectivity index (χ3n) is 4.36. The van der Waals surface area contributed by atoms with Gasteiger partial charge in [-0.2, -0.15) is 0 Å². The van der Waals surface area contributed by atoms with Gasteiger partial charge in [-0.3, -0.25) is 9.59 Å². The smallest absolute Gasteiger partial charge is 0.256 e. The van der Waals surface area contributed by atoms with Gasteiger partial charge in [-0.05, 0) is 55.7 Å². The van der Waals surface area contributed by atoms with Crippen molar-refractivity contribution >= 4 is 45.2 Å². The van der Waals surface area contributed by atoms with E-state index in [4.69, 9.17) is 0 Å². The van der Waals surface area contributed by atoms with Gasteiger partial charge in [0.2, 0.25) is 5.91 Å². The third kappa shape index (κ3) is 4.68. The molecular weight excluding hydrogens is 412 g/mol. The lowest BCUT2D eigenvalue weighted by Gasteiger charge is -2.15. The molecule has 0 bridgehead atoms. The van der Waals surface area contributed by atoms with Crippen LogP contribution in [-0.2, 0) is 4.79 Å². The van der Waals surface area contributed by atoms with Gasteiger partial charge < -0.3 is 10.2 Å². The Morgan fingerprint density at radius 3 is 2.62 bits per heavy atom. The molecule has 26 heavy (non-hydrogen) atoms. The molecule has 136 valence electrons. The maximum atomic E-state index is 12.7. The summed E-state index contributed by atoms with van der Waals surface area (Å²) in [7, 11) is 0. The van der Waals surface area contributed by atoms with Gasteiger partial charge in [0, 0.05) is 28.1 Å². The molecule has 0 spiro atoms. The monoisotopic (exact) mass is 432 g/mol. The second-order valence-electron chi connectivity index (χ2n) is 6.29. The molecule has 1 aliphatic rings.